The first kappa shape index (κ1) is 10.2. The molecule has 4 nitrogen and oxygen atoms in total. The first-order chi connectivity index (χ1) is 7.45. The van der Waals surface area contributed by atoms with Crippen molar-refractivity contribution in [2.24, 2.45) is 0 Å². The van der Waals surface area contributed by atoms with Crippen molar-refractivity contribution in [1.29, 1.82) is 0 Å². The number of aromatic nitrogens is 3. The van der Waals surface area contributed by atoms with Crippen LogP contribution in [0.3, 0.4) is 0 Å². The zero-order chi connectivity index (χ0) is 10.3. The lowest BCUT2D eigenvalue weighted by Crippen LogP contribution is -2.17. The van der Waals surface area contributed by atoms with E-state index in [4.69, 9.17) is 0 Å². The lowest BCUT2D eigenvalue weighted by Gasteiger charge is -2.01. The van der Waals surface area contributed by atoms with Gasteiger partial charge in [0.25, 0.3) is 0 Å². The highest BCUT2D eigenvalue weighted by Gasteiger charge is 1.95. The molecule has 0 radical (unpaired) electrons. The Balaban J connectivity index is 1.68. The van der Waals surface area contributed by atoms with Gasteiger partial charge in [-0.1, -0.05) is 0 Å². The van der Waals surface area contributed by atoms with Crippen molar-refractivity contribution in [1.82, 2.24) is 20.3 Å². The Bertz CT molecular complexity index is 374. The molecule has 5 heteroatoms. The minimum atomic E-state index is 0.762. The molecule has 0 aliphatic carbocycles. The molecule has 0 saturated heterocycles. The molecular formula is C10H12N4S. The monoisotopic (exact) mass is 220 g/mol. The van der Waals surface area contributed by atoms with E-state index in [9.17, 15) is 0 Å². The SMILES string of the molecule is c1cnc(CNCCc2cscn2)cn1. The van der Waals surface area contributed by atoms with E-state index in [1.54, 1.807) is 29.9 Å². The molecule has 1 N–H and O–H groups in total. The number of nitrogens with zero attached hydrogens (tertiary/aromatic N) is 3. The molecule has 0 fully saturated rings. The van der Waals surface area contributed by atoms with Crippen LogP contribution in [0.25, 0.3) is 0 Å². The molecule has 0 unspecified atom stereocenters. The summed E-state index contributed by atoms with van der Waals surface area (Å²) < 4.78 is 0. The fraction of sp³-hybridized carbons (Fsp3) is 0.300. The molecule has 0 atom stereocenters. The summed E-state index contributed by atoms with van der Waals surface area (Å²) in [5.41, 5.74) is 3.97. The summed E-state index contributed by atoms with van der Waals surface area (Å²) in [4.78, 5) is 12.4. The van der Waals surface area contributed by atoms with Crippen molar-refractivity contribution in [3.8, 4) is 0 Å². The topological polar surface area (TPSA) is 50.7 Å². The Hall–Kier alpha value is -1.33. The Morgan fingerprint density at radius 1 is 1.20 bits per heavy atom. The molecule has 0 aromatic carbocycles. The molecular weight excluding hydrogens is 208 g/mol. The number of thiazole rings is 1. The first-order valence-corrected chi connectivity index (χ1v) is 5.72. The van der Waals surface area contributed by atoms with Crippen molar-refractivity contribution in [2.75, 3.05) is 6.54 Å². The van der Waals surface area contributed by atoms with Crippen LogP contribution in [0, 0.1) is 0 Å². The maximum atomic E-state index is 4.21. The summed E-state index contributed by atoms with van der Waals surface area (Å²) in [5, 5.41) is 5.38. The summed E-state index contributed by atoms with van der Waals surface area (Å²) in [6, 6.07) is 0. The average molecular weight is 220 g/mol. The fourth-order valence-electron chi connectivity index (χ4n) is 1.22. The van der Waals surface area contributed by atoms with Crippen LogP contribution in [0.15, 0.2) is 29.5 Å². The van der Waals surface area contributed by atoms with E-state index in [0.29, 0.717) is 0 Å². The molecule has 0 spiro atoms. The van der Waals surface area contributed by atoms with Gasteiger partial charge in [-0.3, -0.25) is 9.97 Å². The summed E-state index contributed by atoms with van der Waals surface area (Å²) >= 11 is 1.63. The smallest absolute Gasteiger partial charge is 0.0794 e. The lowest BCUT2D eigenvalue weighted by molar-refractivity contribution is 0.667. The minimum Gasteiger partial charge on any atom is -0.311 e. The molecule has 0 aliphatic rings. The van der Waals surface area contributed by atoms with Crippen LogP contribution in [0.2, 0.25) is 0 Å². The van der Waals surface area contributed by atoms with Crippen molar-refractivity contribution in [3.05, 3.63) is 40.9 Å². The Morgan fingerprint density at radius 3 is 2.93 bits per heavy atom. The van der Waals surface area contributed by atoms with Crippen molar-refractivity contribution in [3.63, 3.8) is 0 Å². The zero-order valence-electron chi connectivity index (χ0n) is 8.26. The molecule has 2 aromatic heterocycles. The van der Waals surface area contributed by atoms with E-state index >= 15 is 0 Å². The van der Waals surface area contributed by atoms with Gasteiger partial charge in [-0.15, -0.1) is 11.3 Å². The zero-order valence-corrected chi connectivity index (χ0v) is 9.07. The summed E-state index contributed by atoms with van der Waals surface area (Å²) in [6.45, 7) is 1.68. The van der Waals surface area contributed by atoms with Gasteiger partial charge >= 0.3 is 0 Å². The number of nitrogens with one attached hydrogen (secondary N) is 1. The highest BCUT2D eigenvalue weighted by Crippen LogP contribution is 2.00. The maximum absolute atomic E-state index is 4.21. The number of rotatable bonds is 5. The van der Waals surface area contributed by atoms with Crippen molar-refractivity contribution < 1.29 is 0 Å². The third kappa shape index (κ3) is 3.38. The predicted molar refractivity (Wildman–Crippen MR) is 59.6 cm³/mol. The van der Waals surface area contributed by atoms with E-state index in [1.165, 1.54) is 0 Å². The van der Waals surface area contributed by atoms with Crippen LogP contribution in [-0.4, -0.2) is 21.5 Å². The maximum Gasteiger partial charge on any atom is 0.0794 e. The Morgan fingerprint density at radius 2 is 2.20 bits per heavy atom. The molecule has 2 aromatic rings. The van der Waals surface area contributed by atoms with E-state index in [2.05, 4.69) is 25.6 Å². The third-order valence-electron chi connectivity index (χ3n) is 1.96. The van der Waals surface area contributed by atoms with Gasteiger partial charge in [0.05, 0.1) is 16.9 Å². The van der Waals surface area contributed by atoms with Crippen LogP contribution in [0.4, 0.5) is 0 Å². The second-order valence-corrected chi connectivity index (χ2v) is 3.82. The van der Waals surface area contributed by atoms with E-state index in [0.717, 1.165) is 30.9 Å². The molecule has 0 aliphatic heterocycles. The van der Waals surface area contributed by atoms with Crippen LogP contribution >= 0.6 is 11.3 Å². The quantitative estimate of drug-likeness (QED) is 0.771. The van der Waals surface area contributed by atoms with E-state index in [-0.39, 0.29) is 0 Å². The fourth-order valence-corrected chi connectivity index (χ4v) is 1.81. The molecule has 15 heavy (non-hydrogen) atoms. The van der Waals surface area contributed by atoms with Gasteiger partial charge in [0.2, 0.25) is 0 Å². The van der Waals surface area contributed by atoms with Gasteiger partial charge in [-0.25, -0.2) is 4.98 Å². The lowest BCUT2D eigenvalue weighted by atomic mass is 10.3. The largest absolute Gasteiger partial charge is 0.311 e. The third-order valence-corrected chi connectivity index (χ3v) is 2.60. The van der Waals surface area contributed by atoms with Gasteiger partial charge in [0.1, 0.15) is 0 Å². The van der Waals surface area contributed by atoms with Crippen LogP contribution in [-0.2, 0) is 13.0 Å². The standard InChI is InChI=1S/C10H12N4S/c1(9-7-15-8-14-9)2-11-5-10-6-12-3-4-13-10/h3-4,6-8,11H,1-2,5H2. The van der Waals surface area contributed by atoms with E-state index in [1.807, 2.05) is 5.51 Å². The van der Waals surface area contributed by atoms with Crippen LogP contribution in [0.5, 0.6) is 0 Å². The number of hydrogen-bond acceptors (Lipinski definition) is 5. The highest BCUT2D eigenvalue weighted by atomic mass is 32.1. The second kappa shape index (κ2) is 5.53. The normalized spacial score (nSPS) is 10.4. The molecule has 0 bridgehead atoms. The van der Waals surface area contributed by atoms with Gasteiger partial charge in [0, 0.05) is 43.5 Å². The molecule has 2 rings (SSSR count). The summed E-state index contributed by atoms with van der Waals surface area (Å²) in [5.74, 6) is 0. The van der Waals surface area contributed by atoms with Gasteiger partial charge in [-0.2, -0.15) is 0 Å². The van der Waals surface area contributed by atoms with Gasteiger partial charge in [-0.05, 0) is 0 Å². The summed E-state index contributed by atoms with van der Waals surface area (Å²) in [6.07, 6.45) is 6.12. The van der Waals surface area contributed by atoms with Crippen LogP contribution in [0.1, 0.15) is 11.4 Å². The molecule has 78 valence electrons. The second-order valence-electron chi connectivity index (χ2n) is 3.10. The van der Waals surface area contributed by atoms with E-state index < -0.39 is 0 Å². The Labute approximate surface area is 92.4 Å². The van der Waals surface area contributed by atoms with Gasteiger partial charge < -0.3 is 5.32 Å². The molecule has 2 heterocycles. The predicted octanol–water partition coefficient (Wildman–Crippen LogP) is 1.27. The number of hydrogen-bond donors (Lipinski definition) is 1. The Kier molecular flexibility index (Phi) is 3.76. The van der Waals surface area contributed by atoms with Crippen LogP contribution < -0.4 is 5.32 Å². The highest BCUT2D eigenvalue weighted by molar-refractivity contribution is 7.07. The van der Waals surface area contributed by atoms with Crippen molar-refractivity contribution in [2.45, 2.75) is 13.0 Å². The molecule has 0 amide bonds. The minimum absolute atomic E-state index is 0.762. The van der Waals surface area contributed by atoms with Crippen molar-refractivity contribution >= 4 is 11.3 Å². The first-order valence-electron chi connectivity index (χ1n) is 4.78. The van der Waals surface area contributed by atoms with Gasteiger partial charge in [0.15, 0.2) is 0 Å². The summed E-state index contributed by atoms with van der Waals surface area (Å²) in [7, 11) is 0. The molecule has 0 saturated carbocycles. The average Bonchev–Trinajstić information content (AvgIpc) is 2.79.